The first-order valence-corrected chi connectivity index (χ1v) is 12.3. The van der Waals surface area contributed by atoms with E-state index in [1.165, 1.54) is 13.1 Å². The number of aliphatic carboxylic acids is 2. The molecule has 0 amide bonds. The minimum absolute atomic E-state index is 0. The molecule has 200 valence electrons. The number of carboxylic acid groups (broad SMARTS) is 2. The first-order valence-electron chi connectivity index (χ1n) is 12.3. The molecule has 0 aromatic rings. The molecule has 0 aromatic heterocycles. The second-order valence-electron chi connectivity index (χ2n) is 8.08. The zero-order valence-electron chi connectivity index (χ0n) is 22.0. The molecule has 0 aliphatic carbocycles. The molecule has 2 atom stereocenters. The van der Waals surface area contributed by atoms with E-state index in [2.05, 4.69) is 35.1 Å². The summed E-state index contributed by atoms with van der Waals surface area (Å²) in [6.07, 6.45) is 10.7. The molecule has 2 unspecified atom stereocenters. The summed E-state index contributed by atoms with van der Waals surface area (Å²) in [5.74, 6) is -1.54. The average molecular weight is 527 g/mol. The van der Waals surface area contributed by atoms with Crippen molar-refractivity contribution in [3.05, 3.63) is 23.9 Å². The van der Waals surface area contributed by atoms with Crippen LogP contribution in [0.15, 0.2) is 23.9 Å². The zero-order valence-corrected chi connectivity index (χ0v) is 24.2. The minimum Gasteiger partial charge on any atom is -0.874 e. The predicted molar refractivity (Wildman–Crippen MR) is 136 cm³/mol. The molecule has 10 nitrogen and oxygen atoms in total. The van der Waals surface area contributed by atoms with Crippen molar-refractivity contribution in [2.45, 2.75) is 91.1 Å². The van der Waals surface area contributed by atoms with E-state index >= 15 is 0 Å². The van der Waals surface area contributed by atoms with Gasteiger partial charge in [0, 0.05) is 44.8 Å². The van der Waals surface area contributed by atoms with Crippen molar-refractivity contribution in [1.82, 2.24) is 21.3 Å². The van der Waals surface area contributed by atoms with Crippen LogP contribution in [0, 0.1) is 0 Å². The van der Waals surface area contributed by atoms with Crippen LogP contribution in [0.3, 0.4) is 0 Å². The summed E-state index contributed by atoms with van der Waals surface area (Å²) in [5, 5.41) is 51.1. The number of carbonyl (C=O) groups is 2. The van der Waals surface area contributed by atoms with Crippen molar-refractivity contribution >= 4 is 49.7 Å². The Bertz CT molecular complexity index is 540. The maximum Gasteiger partial charge on any atom is 2.00 e. The molecule has 11 heteroatoms. The van der Waals surface area contributed by atoms with Crippen molar-refractivity contribution < 1.29 is 30.0 Å². The Morgan fingerprint density at radius 2 is 1.26 bits per heavy atom. The fourth-order valence-electron chi connectivity index (χ4n) is 2.52. The number of carboxylic acids is 2. The molecule has 0 spiro atoms. The quantitative estimate of drug-likeness (QED) is 0.0738. The summed E-state index contributed by atoms with van der Waals surface area (Å²) in [6, 6.07) is -1.21. The fraction of sp³-hybridized carbons (Fsp3) is 0.750. The van der Waals surface area contributed by atoms with Crippen molar-refractivity contribution in [2.75, 3.05) is 26.2 Å². The van der Waals surface area contributed by atoms with Gasteiger partial charge in [-0.3, -0.25) is 4.79 Å². The van der Waals surface area contributed by atoms with E-state index < -0.39 is 24.0 Å². The number of carbonyl (C=O) groups excluding carboxylic acids is 1. The van der Waals surface area contributed by atoms with Crippen LogP contribution in [0.2, 0.25) is 0 Å². The second kappa shape index (κ2) is 27.4. The Morgan fingerprint density at radius 1 is 0.771 bits per heavy atom. The summed E-state index contributed by atoms with van der Waals surface area (Å²) in [6.45, 7) is 9.48. The zero-order chi connectivity index (χ0) is 26.2. The molecule has 35 heavy (non-hydrogen) atoms. The van der Waals surface area contributed by atoms with Crippen LogP contribution in [-0.4, -0.2) is 98.2 Å². The summed E-state index contributed by atoms with van der Waals surface area (Å²) in [5.41, 5.74) is 0. The second-order valence-corrected chi connectivity index (χ2v) is 8.08. The van der Waals surface area contributed by atoms with Crippen LogP contribution >= 0.6 is 0 Å². The number of hydrogen-bond acceptors (Lipinski definition) is 9. The summed E-state index contributed by atoms with van der Waals surface area (Å²) in [7, 11) is 0. The maximum atomic E-state index is 11.3. The number of allylic oxidation sites excluding steroid dienone is 2. The first-order chi connectivity index (χ1) is 16.1. The van der Waals surface area contributed by atoms with Gasteiger partial charge in [-0.05, 0) is 32.9 Å². The van der Waals surface area contributed by atoms with Gasteiger partial charge in [0.25, 0.3) is 0 Å². The molecule has 0 rings (SSSR count). The predicted octanol–water partition coefficient (Wildman–Crippen LogP) is 0.324. The van der Waals surface area contributed by atoms with Crippen LogP contribution in [0.25, 0.3) is 0 Å². The molecule has 0 aliphatic rings. The van der Waals surface area contributed by atoms with Gasteiger partial charge in [-0.25, -0.2) is 0 Å². The standard InChI is InChI=1S/2C12H24N2O3.Ca/c2*1-3-4-5-6-11(15)9-13-7-8-14-10(2)12(16)17;/h2*9-10,13-15H,3-8H2,1-2H3,(H,16,17);/q;;+2/p-2/b2*11-9-;. The number of hydrogen-bond donors (Lipinski definition) is 6. The Labute approximate surface area is 241 Å². The van der Waals surface area contributed by atoms with E-state index in [9.17, 15) is 24.9 Å². The van der Waals surface area contributed by atoms with Crippen LogP contribution < -0.4 is 31.5 Å². The largest absolute Gasteiger partial charge is 2.00 e. The molecule has 0 aliphatic heterocycles. The van der Waals surface area contributed by atoms with Gasteiger partial charge >= 0.3 is 43.7 Å². The van der Waals surface area contributed by atoms with E-state index in [0.29, 0.717) is 44.8 Å². The van der Waals surface area contributed by atoms with Gasteiger partial charge in [0.15, 0.2) is 0 Å². The van der Waals surface area contributed by atoms with Crippen molar-refractivity contribution in [3.8, 4) is 0 Å². The monoisotopic (exact) mass is 526 g/mol. The number of unbranched alkanes of at least 4 members (excludes halogenated alkanes) is 4. The van der Waals surface area contributed by atoms with Crippen molar-refractivity contribution in [3.63, 3.8) is 0 Å². The van der Waals surface area contributed by atoms with Gasteiger partial charge in [0.2, 0.25) is 0 Å². The third-order valence-corrected chi connectivity index (χ3v) is 4.76. The molecular weight excluding hydrogens is 480 g/mol. The van der Waals surface area contributed by atoms with Crippen LogP contribution in [0.1, 0.15) is 79.1 Å². The van der Waals surface area contributed by atoms with Gasteiger partial charge in [-0.15, -0.1) is 5.76 Å². The number of aliphatic hydroxyl groups excluding tert-OH is 1. The van der Waals surface area contributed by atoms with E-state index in [4.69, 9.17) is 5.11 Å². The Balaban J connectivity index is -0.000000569. The minimum atomic E-state index is -1.12. The van der Waals surface area contributed by atoms with Gasteiger partial charge in [-0.2, -0.15) is 0 Å². The van der Waals surface area contributed by atoms with E-state index in [0.717, 1.165) is 38.5 Å². The molecule has 0 saturated heterocycles. The third kappa shape index (κ3) is 28.9. The van der Waals surface area contributed by atoms with Crippen molar-refractivity contribution in [1.29, 1.82) is 0 Å². The summed E-state index contributed by atoms with van der Waals surface area (Å²) >= 11 is 0. The molecule has 0 aromatic carbocycles. The molecule has 0 fully saturated rings. The third-order valence-electron chi connectivity index (χ3n) is 4.76. The van der Waals surface area contributed by atoms with E-state index in [1.807, 2.05) is 0 Å². The number of aliphatic hydroxyl groups is 1. The first kappa shape index (κ1) is 38.3. The molecule has 0 bridgehead atoms. The smallest absolute Gasteiger partial charge is 0.874 e. The van der Waals surface area contributed by atoms with E-state index in [-0.39, 0.29) is 43.5 Å². The summed E-state index contributed by atoms with van der Waals surface area (Å²) < 4.78 is 0. The fourth-order valence-corrected chi connectivity index (χ4v) is 2.52. The van der Waals surface area contributed by atoms with Crippen LogP contribution in [0.4, 0.5) is 0 Å². The molecule has 0 saturated carbocycles. The Kier molecular flexibility index (Phi) is 30.0. The van der Waals surface area contributed by atoms with Crippen molar-refractivity contribution in [2.24, 2.45) is 0 Å². The molecule has 0 heterocycles. The van der Waals surface area contributed by atoms with E-state index in [1.54, 1.807) is 13.1 Å². The molecular formula is C24H46CaN4O6. The van der Waals surface area contributed by atoms with Gasteiger partial charge in [0.1, 0.15) is 11.8 Å². The average Bonchev–Trinajstić information content (AvgIpc) is 2.79. The normalized spacial score (nSPS) is 13.0. The Morgan fingerprint density at radius 3 is 1.74 bits per heavy atom. The van der Waals surface area contributed by atoms with Gasteiger partial charge < -0.3 is 46.5 Å². The topological polar surface area (TPSA) is 169 Å². The maximum absolute atomic E-state index is 11.3. The SMILES string of the molecule is CCCCC/C(O)=C/NCCNC(C)C(=O)O.CCCCC/C([O-])=C/NCCNC(C)C(=O)[O-].[Ca+2]. The Hall–Kier alpha value is -1.20. The molecule has 6 N–H and O–H groups in total. The van der Waals surface area contributed by atoms with Crippen LogP contribution in [-0.2, 0) is 9.59 Å². The van der Waals surface area contributed by atoms with Crippen LogP contribution in [0.5, 0.6) is 0 Å². The summed E-state index contributed by atoms with van der Waals surface area (Å²) in [4.78, 5) is 20.8. The van der Waals surface area contributed by atoms with Gasteiger partial charge in [0.05, 0.1) is 5.97 Å². The van der Waals surface area contributed by atoms with Gasteiger partial charge in [-0.1, -0.05) is 46.0 Å². The number of nitrogens with one attached hydrogen (secondary N) is 4. The molecule has 0 radical (unpaired) electrons. The number of rotatable bonds is 20.